The molecule has 1 amide bonds. The molecule has 0 spiro atoms. The van der Waals surface area contributed by atoms with Crippen LogP contribution in [0.5, 0.6) is 0 Å². The van der Waals surface area contributed by atoms with Gasteiger partial charge in [0.1, 0.15) is 11.3 Å². The van der Waals surface area contributed by atoms with Crippen LogP contribution in [-0.2, 0) is 4.79 Å². The summed E-state index contributed by atoms with van der Waals surface area (Å²) in [6, 6.07) is 2.10. The van der Waals surface area contributed by atoms with Gasteiger partial charge in [0.2, 0.25) is 5.91 Å². The van der Waals surface area contributed by atoms with Crippen molar-refractivity contribution >= 4 is 32.6 Å². The molecule has 142 valence electrons. The van der Waals surface area contributed by atoms with Crippen molar-refractivity contribution in [3.05, 3.63) is 23.8 Å². The number of benzene rings is 1. The zero-order valence-corrected chi connectivity index (χ0v) is 16.1. The van der Waals surface area contributed by atoms with E-state index in [0.717, 1.165) is 49.8 Å². The first kappa shape index (κ1) is 19.1. The number of thiazole rings is 1. The van der Waals surface area contributed by atoms with Gasteiger partial charge in [0.05, 0.1) is 10.7 Å². The van der Waals surface area contributed by atoms with E-state index < -0.39 is 11.6 Å². The number of carbonyl (C=O) groups is 1. The molecule has 2 heterocycles. The maximum atomic E-state index is 13.8. The third-order valence-corrected chi connectivity index (χ3v) is 5.86. The number of likely N-dealkylation sites (tertiary alicyclic amines) is 1. The Balaban J connectivity index is 1.76. The van der Waals surface area contributed by atoms with Crippen molar-refractivity contribution in [3.63, 3.8) is 0 Å². The van der Waals surface area contributed by atoms with Crippen molar-refractivity contribution < 1.29 is 13.6 Å². The molecular weight excluding hydrogens is 358 g/mol. The lowest BCUT2D eigenvalue weighted by Gasteiger charge is -2.31. The van der Waals surface area contributed by atoms with Gasteiger partial charge < -0.3 is 10.2 Å². The first-order chi connectivity index (χ1) is 12.4. The highest BCUT2D eigenvalue weighted by Crippen LogP contribution is 2.29. The van der Waals surface area contributed by atoms with E-state index >= 15 is 0 Å². The van der Waals surface area contributed by atoms with Crippen molar-refractivity contribution in [3.8, 4) is 0 Å². The number of fused-ring (bicyclic) bond motifs is 1. The molecular formula is C18H24F2N4OS. The summed E-state index contributed by atoms with van der Waals surface area (Å²) in [4.78, 5) is 21.4. The van der Waals surface area contributed by atoms with E-state index in [1.807, 2.05) is 14.0 Å². The molecule has 1 saturated heterocycles. The summed E-state index contributed by atoms with van der Waals surface area (Å²) in [7, 11) is 4.06. The summed E-state index contributed by atoms with van der Waals surface area (Å²) in [5, 5.41) is 3.10. The van der Waals surface area contributed by atoms with Crippen LogP contribution in [0.25, 0.3) is 10.2 Å². The van der Waals surface area contributed by atoms with Gasteiger partial charge in [-0.15, -0.1) is 0 Å². The molecule has 1 N–H and O–H groups in total. The van der Waals surface area contributed by atoms with Crippen LogP contribution in [0.3, 0.4) is 0 Å². The molecule has 8 heteroatoms. The molecule has 1 aromatic carbocycles. The van der Waals surface area contributed by atoms with E-state index in [1.165, 1.54) is 6.07 Å². The number of carbonyl (C=O) groups excluding carboxylic acids is 1. The van der Waals surface area contributed by atoms with E-state index in [1.54, 1.807) is 0 Å². The monoisotopic (exact) mass is 382 g/mol. The molecule has 1 fully saturated rings. The normalized spacial score (nSPS) is 19.4. The summed E-state index contributed by atoms with van der Waals surface area (Å²) in [5.74, 6) is -1.51. The van der Waals surface area contributed by atoms with Crippen molar-refractivity contribution in [2.75, 3.05) is 32.5 Å². The largest absolute Gasteiger partial charge is 0.305 e. The highest BCUT2D eigenvalue weighted by molar-refractivity contribution is 7.22. The quantitative estimate of drug-likeness (QED) is 0.833. The molecule has 2 atom stereocenters. The first-order valence-electron chi connectivity index (χ1n) is 8.86. The minimum absolute atomic E-state index is 0.0875. The molecule has 0 bridgehead atoms. The Morgan fingerprint density at radius 1 is 1.50 bits per heavy atom. The number of hydrogen-bond acceptors (Lipinski definition) is 5. The molecule has 1 aliphatic rings. The number of nitrogens with zero attached hydrogens (tertiary/aromatic N) is 3. The lowest BCUT2D eigenvalue weighted by atomic mass is 10.1. The summed E-state index contributed by atoms with van der Waals surface area (Å²) >= 11 is 1.08. The smallest absolute Gasteiger partial charge is 0.243 e. The average molecular weight is 382 g/mol. The number of halogens is 2. The SMILES string of the molecule is CCCC(C(=O)Nc1nc2c(F)cc(F)cc2s1)N(C)C1CCN(C)C1. The van der Waals surface area contributed by atoms with Gasteiger partial charge in [0.25, 0.3) is 0 Å². The second-order valence-corrected chi connectivity index (χ2v) is 7.95. The second kappa shape index (κ2) is 7.94. The molecule has 5 nitrogen and oxygen atoms in total. The minimum Gasteiger partial charge on any atom is -0.305 e. The fraction of sp³-hybridized carbons (Fsp3) is 0.556. The van der Waals surface area contributed by atoms with Crippen molar-refractivity contribution in [2.45, 2.75) is 38.3 Å². The topological polar surface area (TPSA) is 48.5 Å². The average Bonchev–Trinajstić information content (AvgIpc) is 3.18. The zero-order valence-electron chi connectivity index (χ0n) is 15.3. The summed E-state index contributed by atoms with van der Waals surface area (Å²) in [6.07, 6.45) is 2.65. The molecule has 0 saturated carbocycles. The fourth-order valence-corrected chi connectivity index (χ4v) is 4.40. The Hall–Kier alpha value is -1.64. The number of likely N-dealkylation sites (N-methyl/N-ethyl adjacent to an activating group) is 2. The number of anilines is 1. The molecule has 26 heavy (non-hydrogen) atoms. The van der Waals surface area contributed by atoms with Crippen LogP contribution in [0.2, 0.25) is 0 Å². The van der Waals surface area contributed by atoms with E-state index in [9.17, 15) is 13.6 Å². The van der Waals surface area contributed by atoms with Gasteiger partial charge in [-0.25, -0.2) is 13.8 Å². The Bertz CT molecular complexity index is 797. The Morgan fingerprint density at radius 2 is 2.27 bits per heavy atom. The standard InChI is InChI=1S/C18H24F2N4OS/c1-4-5-14(24(3)12-6-7-23(2)10-12)17(25)22-18-21-16-13(20)8-11(19)9-15(16)26-18/h8-9,12,14H,4-7,10H2,1-3H3,(H,21,22,25). The lowest BCUT2D eigenvalue weighted by Crippen LogP contribution is -2.47. The van der Waals surface area contributed by atoms with Crippen molar-refractivity contribution in [1.29, 1.82) is 0 Å². The molecule has 0 radical (unpaired) electrons. The predicted octanol–water partition coefficient (Wildman–Crippen LogP) is 3.32. The van der Waals surface area contributed by atoms with Gasteiger partial charge in [0, 0.05) is 18.7 Å². The second-order valence-electron chi connectivity index (χ2n) is 6.92. The van der Waals surface area contributed by atoms with Gasteiger partial charge in [-0.2, -0.15) is 0 Å². The van der Waals surface area contributed by atoms with Gasteiger partial charge >= 0.3 is 0 Å². The van der Waals surface area contributed by atoms with Crippen LogP contribution < -0.4 is 5.32 Å². The van der Waals surface area contributed by atoms with Crippen LogP contribution in [0.1, 0.15) is 26.2 Å². The van der Waals surface area contributed by atoms with Crippen molar-refractivity contribution in [1.82, 2.24) is 14.8 Å². The lowest BCUT2D eigenvalue weighted by molar-refractivity contribution is -0.121. The van der Waals surface area contributed by atoms with Gasteiger partial charge in [-0.3, -0.25) is 9.69 Å². The number of hydrogen-bond donors (Lipinski definition) is 1. The summed E-state index contributed by atoms with van der Waals surface area (Å²) in [6.45, 7) is 4.01. The summed E-state index contributed by atoms with van der Waals surface area (Å²) < 4.78 is 27.6. The molecule has 2 unspecified atom stereocenters. The van der Waals surface area contributed by atoms with E-state index in [2.05, 4.69) is 27.1 Å². The van der Waals surface area contributed by atoms with Gasteiger partial charge in [-0.05, 0) is 39.5 Å². The molecule has 1 aromatic heterocycles. The summed E-state index contributed by atoms with van der Waals surface area (Å²) in [5.41, 5.74) is 0.0875. The van der Waals surface area contributed by atoms with E-state index in [0.29, 0.717) is 15.9 Å². The predicted molar refractivity (Wildman–Crippen MR) is 101 cm³/mol. The van der Waals surface area contributed by atoms with E-state index in [-0.39, 0.29) is 17.5 Å². The number of rotatable bonds is 6. The highest BCUT2D eigenvalue weighted by Gasteiger charge is 2.31. The third kappa shape index (κ3) is 4.02. The number of nitrogens with one attached hydrogen (secondary N) is 1. The maximum Gasteiger partial charge on any atom is 0.243 e. The number of aromatic nitrogens is 1. The Morgan fingerprint density at radius 3 is 2.92 bits per heavy atom. The molecule has 1 aliphatic heterocycles. The third-order valence-electron chi connectivity index (χ3n) is 4.94. The molecule has 3 rings (SSSR count). The van der Waals surface area contributed by atoms with Crippen LogP contribution >= 0.6 is 11.3 Å². The van der Waals surface area contributed by atoms with Gasteiger partial charge in [0.15, 0.2) is 10.9 Å². The van der Waals surface area contributed by atoms with Crippen LogP contribution in [0, 0.1) is 11.6 Å². The maximum absolute atomic E-state index is 13.8. The Kier molecular flexibility index (Phi) is 5.84. The zero-order chi connectivity index (χ0) is 18.8. The van der Waals surface area contributed by atoms with Crippen LogP contribution in [0.15, 0.2) is 12.1 Å². The van der Waals surface area contributed by atoms with Crippen LogP contribution in [-0.4, -0.2) is 60.0 Å². The first-order valence-corrected chi connectivity index (χ1v) is 9.67. The van der Waals surface area contributed by atoms with Crippen LogP contribution in [0.4, 0.5) is 13.9 Å². The molecule has 0 aliphatic carbocycles. The Labute approximate surface area is 156 Å². The van der Waals surface area contributed by atoms with Crippen molar-refractivity contribution in [2.24, 2.45) is 0 Å². The van der Waals surface area contributed by atoms with Gasteiger partial charge in [-0.1, -0.05) is 24.7 Å². The highest BCUT2D eigenvalue weighted by atomic mass is 32.1. The van der Waals surface area contributed by atoms with E-state index in [4.69, 9.17) is 0 Å². The number of amides is 1. The molecule has 2 aromatic rings. The minimum atomic E-state index is -0.715. The fourth-order valence-electron chi connectivity index (χ4n) is 3.49.